The Kier molecular flexibility index (Phi) is 4.91. The number of halogens is 3. The van der Waals surface area contributed by atoms with Crippen molar-refractivity contribution in [3.05, 3.63) is 56.7 Å². The zero-order valence-corrected chi connectivity index (χ0v) is 12.0. The molecule has 0 radical (unpaired) electrons. The Morgan fingerprint density at radius 1 is 1.26 bits per heavy atom. The van der Waals surface area contributed by atoms with Gasteiger partial charge >= 0.3 is 0 Å². The first kappa shape index (κ1) is 14.4. The lowest BCUT2D eigenvalue weighted by molar-refractivity contribution is 0.527. The molecule has 0 amide bonds. The lowest BCUT2D eigenvalue weighted by Gasteiger charge is -2.17. The van der Waals surface area contributed by atoms with Crippen LogP contribution in [-0.4, -0.2) is 6.54 Å². The molecule has 0 aliphatic rings. The second-order valence-corrected chi connectivity index (χ2v) is 5.94. The van der Waals surface area contributed by atoms with Gasteiger partial charge in [-0.1, -0.05) is 18.5 Å². The van der Waals surface area contributed by atoms with Crippen LogP contribution in [0.2, 0.25) is 4.34 Å². The highest BCUT2D eigenvalue weighted by molar-refractivity contribution is 7.16. The highest BCUT2D eigenvalue weighted by atomic mass is 35.5. The van der Waals surface area contributed by atoms with Crippen LogP contribution in [0.15, 0.2) is 30.3 Å². The summed E-state index contributed by atoms with van der Waals surface area (Å²) >= 11 is 7.37. The molecule has 1 N–H and O–H groups in total. The molecule has 1 heterocycles. The van der Waals surface area contributed by atoms with E-state index in [4.69, 9.17) is 11.6 Å². The summed E-state index contributed by atoms with van der Waals surface area (Å²) in [5, 5.41) is 3.27. The van der Waals surface area contributed by atoms with Crippen LogP contribution in [0, 0.1) is 11.6 Å². The Morgan fingerprint density at radius 2 is 2.05 bits per heavy atom. The van der Waals surface area contributed by atoms with Crippen molar-refractivity contribution in [2.75, 3.05) is 6.54 Å². The smallest absolute Gasteiger partial charge is 0.126 e. The molecular formula is C14H14ClF2NS. The van der Waals surface area contributed by atoms with Crippen LogP contribution in [0.1, 0.15) is 23.4 Å². The zero-order valence-electron chi connectivity index (χ0n) is 10.4. The number of rotatable bonds is 5. The standard InChI is InChI=1S/C14H14ClF2NS/c1-2-18-12(13-5-6-14(15)19-13)8-9-7-10(16)3-4-11(9)17/h3-7,12,18H,2,8H2,1H3. The van der Waals surface area contributed by atoms with E-state index in [2.05, 4.69) is 5.32 Å². The van der Waals surface area contributed by atoms with Crippen LogP contribution in [0.3, 0.4) is 0 Å². The Labute approximate surface area is 120 Å². The molecular weight excluding hydrogens is 288 g/mol. The molecule has 0 bridgehead atoms. The van der Waals surface area contributed by atoms with Gasteiger partial charge in [-0.15, -0.1) is 11.3 Å². The van der Waals surface area contributed by atoms with Crippen LogP contribution < -0.4 is 5.32 Å². The van der Waals surface area contributed by atoms with Crippen LogP contribution in [0.25, 0.3) is 0 Å². The van der Waals surface area contributed by atoms with Gasteiger partial charge in [0.25, 0.3) is 0 Å². The van der Waals surface area contributed by atoms with E-state index in [1.165, 1.54) is 17.4 Å². The molecule has 1 aromatic heterocycles. The largest absolute Gasteiger partial charge is 0.309 e. The molecule has 2 rings (SSSR count). The minimum absolute atomic E-state index is 0.0567. The average molecular weight is 302 g/mol. The van der Waals surface area contributed by atoms with Crippen molar-refractivity contribution in [2.24, 2.45) is 0 Å². The maximum atomic E-state index is 13.7. The highest BCUT2D eigenvalue weighted by Crippen LogP contribution is 2.29. The van der Waals surface area contributed by atoms with Gasteiger partial charge in [0.15, 0.2) is 0 Å². The van der Waals surface area contributed by atoms with Crippen molar-refractivity contribution in [1.82, 2.24) is 5.32 Å². The molecule has 0 saturated carbocycles. The van der Waals surface area contributed by atoms with Crippen molar-refractivity contribution in [1.29, 1.82) is 0 Å². The summed E-state index contributed by atoms with van der Waals surface area (Å²) in [5.41, 5.74) is 0.371. The molecule has 1 nitrogen and oxygen atoms in total. The van der Waals surface area contributed by atoms with Gasteiger partial charge in [0.2, 0.25) is 0 Å². The van der Waals surface area contributed by atoms with Gasteiger partial charge < -0.3 is 5.32 Å². The molecule has 0 fully saturated rings. The molecule has 1 aromatic carbocycles. The van der Waals surface area contributed by atoms with Crippen molar-refractivity contribution >= 4 is 22.9 Å². The van der Waals surface area contributed by atoms with Crippen molar-refractivity contribution < 1.29 is 8.78 Å². The summed E-state index contributed by atoms with van der Waals surface area (Å²) in [7, 11) is 0. The number of thiophene rings is 1. The lowest BCUT2D eigenvalue weighted by atomic mass is 10.0. The second kappa shape index (κ2) is 6.46. The molecule has 0 spiro atoms. The van der Waals surface area contributed by atoms with Crippen LogP contribution in [0.4, 0.5) is 8.78 Å². The number of hydrogen-bond donors (Lipinski definition) is 1. The molecule has 1 unspecified atom stereocenters. The van der Waals surface area contributed by atoms with Crippen LogP contribution in [-0.2, 0) is 6.42 Å². The third-order valence-electron chi connectivity index (χ3n) is 2.82. The SMILES string of the molecule is CCNC(Cc1cc(F)ccc1F)c1ccc(Cl)s1. The summed E-state index contributed by atoms with van der Waals surface area (Å²) in [6, 6.07) is 7.21. The third kappa shape index (κ3) is 3.75. The van der Waals surface area contributed by atoms with E-state index in [-0.39, 0.29) is 11.9 Å². The number of hydrogen-bond acceptors (Lipinski definition) is 2. The number of benzene rings is 1. The summed E-state index contributed by atoms with van der Waals surface area (Å²) in [5.74, 6) is -0.803. The van der Waals surface area contributed by atoms with Crippen LogP contribution in [0.5, 0.6) is 0 Å². The minimum Gasteiger partial charge on any atom is -0.309 e. The highest BCUT2D eigenvalue weighted by Gasteiger charge is 2.16. The van der Waals surface area contributed by atoms with E-state index in [1.807, 2.05) is 19.1 Å². The number of likely N-dealkylation sites (N-methyl/N-ethyl adjacent to an activating group) is 1. The molecule has 0 aliphatic carbocycles. The molecule has 19 heavy (non-hydrogen) atoms. The summed E-state index contributed by atoms with van der Waals surface area (Å²) < 4.78 is 27.6. The quantitative estimate of drug-likeness (QED) is 0.853. The Bertz CT molecular complexity index is 556. The normalized spacial score (nSPS) is 12.6. The fourth-order valence-corrected chi connectivity index (χ4v) is 3.09. The van der Waals surface area contributed by atoms with Gasteiger partial charge in [0.05, 0.1) is 4.34 Å². The van der Waals surface area contributed by atoms with E-state index in [9.17, 15) is 8.78 Å². The Balaban J connectivity index is 2.23. The van der Waals surface area contributed by atoms with Crippen molar-refractivity contribution in [3.63, 3.8) is 0 Å². The summed E-state index contributed by atoms with van der Waals surface area (Å²) in [6.07, 6.45) is 0.397. The predicted molar refractivity (Wildman–Crippen MR) is 75.8 cm³/mol. The van der Waals surface area contributed by atoms with Gasteiger partial charge in [-0.3, -0.25) is 0 Å². The van der Waals surface area contributed by atoms with Gasteiger partial charge in [0, 0.05) is 10.9 Å². The van der Waals surface area contributed by atoms with Crippen molar-refractivity contribution in [2.45, 2.75) is 19.4 Å². The van der Waals surface area contributed by atoms with Crippen LogP contribution >= 0.6 is 22.9 Å². The first-order valence-electron chi connectivity index (χ1n) is 6.02. The fraction of sp³-hybridized carbons (Fsp3) is 0.286. The first-order valence-corrected chi connectivity index (χ1v) is 7.22. The molecule has 5 heteroatoms. The Morgan fingerprint density at radius 3 is 2.68 bits per heavy atom. The molecule has 102 valence electrons. The minimum atomic E-state index is -0.420. The third-order valence-corrected chi connectivity index (χ3v) is 4.16. The molecule has 2 aromatic rings. The molecule has 0 saturated heterocycles. The van der Waals surface area contributed by atoms with Gasteiger partial charge in [-0.2, -0.15) is 0 Å². The monoisotopic (exact) mass is 301 g/mol. The van der Waals surface area contributed by atoms with Gasteiger partial charge in [-0.25, -0.2) is 8.78 Å². The summed E-state index contributed by atoms with van der Waals surface area (Å²) in [4.78, 5) is 1.02. The van der Waals surface area contributed by atoms with E-state index < -0.39 is 5.82 Å². The lowest BCUT2D eigenvalue weighted by Crippen LogP contribution is -2.22. The maximum absolute atomic E-state index is 13.7. The van der Waals surface area contributed by atoms with E-state index in [0.717, 1.165) is 23.6 Å². The van der Waals surface area contributed by atoms with Crippen molar-refractivity contribution in [3.8, 4) is 0 Å². The maximum Gasteiger partial charge on any atom is 0.126 e. The van der Waals surface area contributed by atoms with Gasteiger partial charge in [-0.05, 0) is 48.9 Å². The molecule has 1 atom stereocenters. The van der Waals surface area contributed by atoms with E-state index in [1.54, 1.807) is 0 Å². The van der Waals surface area contributed by atoms with E-state index in [0.29, 0.717) is 16.3 Å². The Hall–Kier alpha value is -0.970. The molecule has 0 aliphatic heterocycles. The zero-order chi connectivity index (χ0) is 13.8. The second-order valence-electron chi connectivity index (χ2n) is 4.19. The predicted octanol–water partition coefficient (Wildman–Crippen LogP) is 4.57. The fourth-order valence-electron chi connectivity index (χ4n) is 1.95. The summed E-state index contributed by atoms with van der Waals surface area (Å²) in [6.45, 7) is 2.72. The average Bonchev–Trinajstić information content (AvgIpc) is 2.80. The van der Waals surface area contributed by atoms with E-state index >= 15 is 0 Å². The van der Waals surface area contributed by atoms with Gasteiger partial charge in [0.1, 0.15) is 11.6 Å². The topological polar surface area (TPSA) is 12.0 Å². The first-order chi connectivity index (χ1) is 9.10. The number of nitrogens with one attached hydrogen (secondary N) is 1.